The van der Waals surface area contributed by atoms with Crippen molar-refractivity contribution in [1.29, 1.82) is 0 Å². The van der Waals surface area contributed by atoms with Crippen molar-refractivity contribution in [2.45, 2.75) is 37.9 Å². The van der Waals surface area contributed by atoms with E-state index in [1.54, 1.807) is 6.92 Å². The van der Waals surface area contributed by atoms with Gasteiger partial charge < -0.3 is 11.2 Å². The van der Waals surface area contributed by atoms with Crippen molar-refractivity contribution < 1.29 is 4.79 Å². The monoisotopic (exact) mass is 255 g/mol. The van der Waals surface area contributed by atoms with E-state index in [0.29, 0.717) is 22.7 Å². The summed E-state index contributed by atoms with van der Waals surface area (Å²) in [5.74, 6) is 7.35. The Kier molecular flexibility index (Phi) is 3.56. The van der Waals surface area contributed by atoms with Crippen LogP contribution in [-0.4, -0.2) is 32.6 Å². The molecule has 0 saturated heterocycles. The SMILES string of the molecule is Cc1nnc(SCC(=O)N[C@@H](C)C2CC2)n1N. The molecule has 0 spiro atoms. The van der Waals surface area contributed by atoms with Crippen molar-refractivity contribution in [3.8, 4) is 0 Å². The van der Waals surface area contributed by atoms with Crippen molar-refractivity contribution in [2.24, 2.45) is 5.92 Å². The first-order valence-electron chi connectivity index (χ1n) is 5.67. The molecule has 7 heteroatoms. The largest absolute Gasteiger partial charge is 0.353 e. The van der Waals surface area contributed by atoms with Crippen LogP contribution < -0.4 is 11.2 Å². The Morgan fingerprint density at radius 1 is 1.65 bits per heavy atom. The summed E-state index contributed by atoms with van der Waals surface area (Å²) in [6, 6.07) is 0.278. The number of rotatable bonds is 5. The van der Waals surface area contributed by atoms with Crippen LogP contribution in [0.5, 0.6) is 0 Å². The van der Waals surface area contributed by atoms with Gasteiger partial charge in [0.25, 0.3) is 0 Å². The lowest BCUT2D eigenvalue weighted by atomic mass is 10.2. The highest BCUT2D eigenvalue weighted by Crippen LogP contribution is 2.32. The molecule has 1 aromatic rings. The minimum Gasteiger partial charge on any atom is -0.353 e. The Bertz CT molecular complexity index is 415. The molecule has 1 aliphatic carbocycles. The second kappa shape index (κ2) is 4.95. The Morgan fingerprint density at radius 2 is 2.35 bits per heavy atom. The first kappa shape index (κ1) is 12.2. The zero-order chi connectivity index (χ0) is 12.4. The molecule has 0 bridgehead atoms. The fraction of sp³-hybridized carbons (Fsp3) is 0.700. The normalized spacial score (nSPS) is 16.8. The van der Waals surface area contributed by atoms with Crippen LogP contribution in [0.2, 0.25) is 0 Å². The number of aryl methyl sites for hydroxylation is 1. The number of hydrogen-bond donors (Lipinski definition) is 2. The average molecular weight is 255 g/mol. The highest BCUT2D eigenvalue weighted by molar-refractivity contribution is 7.99. The number of hydrogen-bond acceptors (Lipinski definition) is 5. The van der Waals surface area contributed by atoms with E-state index in [-0.39, 0.29) is 11.9 Å². The first-order chi connectivity index (χ1) is 8.08. The lowest BCUT2D eigenvalue weighted by Crippen LogP contribution is -2.35. The smallest absolute Gasteiger partial charge is 0.230 e. The highest BCUT2D eigenvalue weighted by atomic mass is 32.2. The van der Waals surface area contributed by atoms with Crippen LogP contribution in [0.3, 0.4) is 0 Å². The van der Waals surface area contributed by atoms with E-state index in [2.05, 4.69) is 22.4 Å². The Morgan fingerprint density at radius 3 is 2.88 bits per heavy atom. The molecule has 0 radical (unpaired) electrons. The maximum absolute atomic E-state index is 11.6. The van der Waals surface area contributed by atoms with E-state index in [4.69, 9.17) is 5.84 Å². The van der Waals surface area contributed by atoms with Crippen molar-refractivity contribution in [3.63, 3.8) is 0 Å². The third-order valence-corrected chi connectivity index (χ3v) is 3.83. The summed E-state index contributed by atoms with van der Waals surface area (Å²) in [5, 5.41) is 11.3. The predicted molar refractivity (Wildman–Crippen MR) is 66.0 cm³/mol. The van der Waals surface area contributed by atoms with Crippen LogP contribution in [0.15, 0.2) is 5.16 Å². The zero-order valence-electron chi connectivity index (χ0n) is 10.0. The standard InChI is InChI=1S/C10H17N5OS/c1-6(8-3-4-8)12-9(16)5-17-10-14-13-7(2)15(10)11/h6,8H,3-5,11H2,1-2H3,(H,12,16)/t6-/m0/s1. The van der Waals surface area contributed by atoms with Crippen molar-refractivity contribution >= 4 is 17.7 Å². The van der Waals surface area contributed by atoms with Gasteiger partial charge in [0.05, 0.1) is 5.75 Å². The number of carbonyl (C=O) groups is 1. The molecule has 1 aliphatic rings. The van der Waals surface area contributed by atoms with Gasteiger partial charge in [0.2, 0.25) is 11.1 Å². The molecule has 0 aromatic carbocycles. The fourth-order valence-electron chi connectivity index (χ4n) is 1.59. The number of thioether (sulfide) groups is 1. The van der Waals surface area contributed by atoms with Gasteiger partial charge in [-0.25, -0.2) is 4.68 Å². The fourth-order valence-corrected chi connectivity index (χ4v) is 2.30. The summed E-state index contributed by atoms with van der Waals surface area (Å²) in [4.78, 5) is 11.6. The van der Waals surface area contributed by atoms with Crippen LogP contribution in [0, 0.1) is 12.8 Å². The lowest BCUT2D eigenvalue weighted by Gasteiger charge is -2.12. The van der Waals surface area contributed by atoms with Crippen molar-refractivity contribution in [3.05, 3.63) is 5.82 Å². The molecule has 94 valence electrons. The molecule has 1 aromatic heterocycles. The average Bonchev–Trinajstić information content (AvgIpc) is 3.07. The van der Waals surface area contributed by atoms with Crippen LogP contribution in [0.25, 0.3) is 0 Å². The second-order valence-electron chi connectivity index (χ2n) is 4.38. The van der Waals surface area contributed by atoms with E-state index in [0.717, 1.165) is 0 Å². The van der Waals surface area contributed by atoms with E-state index in [1.165, 1.54) is 29.3 Å². The van der Waals surface area contributed by atoms with Gasteiger partial charge in [0.15, 0.2) is 0 Å². The van der Waals surface area contributed by atoms with Crippen LogP contribution in [0.1, 0.15) is 25.6 Å². The summed E-state index contributed by atoms with van der Waals surface area (Å²) in [7, 11) is 0. The highest BCUT2D eigenvalue weighted by Gasteiger charge is 2.28. The topological polar surface area (TPSA) is 85.8 Å². The first-order valence-corrected chi connectivity index (χ1v) is 6.65. The van der Waals surface area contributed by atoms with E-state index in [9.17, 15) is 4.79 Å². The number of nitrogens with one attached hydrogen (secondary N) is 1. The molecule has 1 atom stereocenters. The number of nitrogens with zero attached hydrogens (tertiary/aromatic N) is 3. The molecule has 3 N–H and O–H groups in total. The Balaban J connectivity index is 1.77. The minimum atomic E-state index is 0.0232. The Hall–Kier alpha value is -1.24. The molecule has 1 fully saturated rings. The molecule has 2 rings (SSSR count). The third kappa shape index (κ3) is 3.12. The Labute approximate surface area is 104 Å². The summed E-state index contributed by atoms with van der Waals surface area (Å²) >= 11 is 1.30. The molecule has 1 saturated carbocycles. The molecule has 0 aliphatic heterocycles. The van der Waals surface area contributed by atoms with Gasteiger partial charge in [-0.05, 0) is 32.6 Å². The van der Waals surface area contributed by atoms with Gasteiger partial charge in [0, 0.05) is 6.04 Å². The number of amides is 1. The minimum absolute atomic E-state index is 0.0232. The molecule has 6 nitrogen and oxygen atoms in total. The molecule has 1 heterocycles. The van der Waals surface area contributed by atoms with Crippen molar-refractivity contribution in [2.75, 3.05) is 11.6 Å². The second-order valence-corrected chi connectivity index (χ2v) is 5.32. The van der Waals surface area contributed by atoms with Gasteiger partial charge in [-0.3, -0.25) is 4.79 Å². The third-order valence-electron chi connectivity index (χ3n) is 2.89. The van der Waals surface area contributed by atoms with Gasteiger partial charge in [-0.15, -0.1) is 10.2 Å². The van der Waals surface area contributed by atoms with E-state index >= 15 is 0 Å². The number of carbonyl (C=O) groups excluding carboxylic acids is 1. The van der Waals surface area contributed by atoms with E-state index in [1.807, 2.05) is 0 Å². The van der Waals surface area contributed by atoms with Crippen LogP contribution in [0.4, 0.5) is 0 Å². The van der Waals surface area contributed by atoms with Gasteiger partial charge >= 0.3 is 0 Å². The molecule has 1 amide bonds. The van der Waals surface area contributed by atoms with Crippen LogP contribution in [-0.2, 0) is 4.79 Å². The number of nitrogen functional groups attached to an aromatic ring is 1. The zero-order valence-corrected chi connectivity index (χ0v) is 10.8. The van der Waals surface area contributed by atoms with Crippen LogP contribution >= 0.6 is 11.8 Å². The van der Waals surface area contributed by atoms with Gasteiger partial charge in [-0.1, -0.05) is 11.8 Å². The summed E-state index contributed by atoms with van der Waals surface area (Å²) < 4.78 is 1.39. The summed E-state index contributed by atoms with van der Waals surface area (Å²) in [6.07, 6.45) is 2.45. The van der Waals surface area contributed by atoms with E-state index < -0.39 is 0 Å². The van der Waals surface area contributed by atoms with Crippen molar-refractivity contribution in [1.82, 2.24) is 20.2 Å². The predicted octanol–water partition coefficient (Wildman–Crippen LogP) is 0.307. The maximum atomic E-state index is 11.6. The maximum Gasteiger partial charge on any atom is 0.230 e. The number of aromatic nitrogens is 3. The molecular formula is C10H17N5OS. The molecule has 17 heavy (non-hydrogen) atoms. The van der Waals surface area contributed by atoms with Gasteiger partial charge in [-0.2, -0.15) is 0 Å². The summed E-state index contributed by atoms with van der Waals surface area (Å²) in [5.41, 5.74) is 0. The quantitative estimate of drug-likeness (QED) is 0.584. The van der Waals surface area contributed by atoms with Gasteiger partial charge in [0.1, 0.15) is 5.82 Å². The number of nitrogens with two attached hydrogens (primary N) is 1. The lowest BCUT2D eigenvalue weighted by molar-refractivity contribution is -0.119. The summed E-state index contributed by atoms with van der Waals surface area (Å²) in [6.45, 7) is 3.82. The molecule has 0 unspecified atom stereocenters. The molecular weight excluding hydrogens is 238 g/mol.